The first-order chi connectivity index (χ1) is 11.9. The Morgan fingerprint density at radius 3 is 2.92 bits per heavy atom. The van der Waals surface area contributed by atoms with Crippen LogP contribution in [0.3, 0.4) is 0 Å². The highest BCUT2D eigenvalue weighted by atomic mass is 32.1. The molecule has 1 aliphatic heterocycles. The first kappa shape index (κ1) is 17.4. The predicted molar refractivity (Wildman–Crippen MR) is 95.9 cm³/mol. The van der Waals surface area contributed by atoms with Gasteiger partial charge in [0, 0.05) is 10.9 Å². The van der Waals surface area contributed by atoms with Crippen LogP contribution in [0.15, 0.2) is 23.6 Å². The molecular weight excluding hydrogens is 340 g/mol. The minimum Gasteiger partial charge on any atom is -0.482 e. The van der Waals surface area contributed by atoms with Crippen LogP contribution in [0.25, 0.3) is 11.3 Å². The highest BCUT2D eigenvalue weighted by molar-refractivity contribution is 7.09. The Morgan fingerprint density at radius 1 is 1.44 bits per heavy atom. The number of aryl methyl sites for hydroxylation is 1. The number of aromatic nitrogens is 1. The summed E-state index contributed by atoms with van der Waals surface area (Å²) in [5.74, 6) is 0.133. The summed E-state index contributed by atoms with van der Waals surface area (Å²) in [5.41, 5.74) is 2.29. The summed E-state index contributed by atoms with van der Waals surface area (Å²) in [6.07, 6.45) is 0. The molecule has 1 amide bonds. The van der Waals surface area contributed by atoms with Crippen molar-refractivity contribution < 1.29 is 19.1 Å². The number of amides is 1. The van der Waals surface area contributed by atoms with Crippen LogP contribution < -0.4 is 9.64 Å². The molecule has 1 aromatic carbocycles. The number of nitrogens with zero attached hydrogens (tertiary/aromatic N) is 2. The molecule has 0 fully saturated rings. The number of hydrogen-bond acceptors (Lipinski definition) is 6. The number of fused-ring (bicyclic) bond motifs is 1. The van der Waals surface area contributed by atoms with E-state index in [0.717, 1.165) is 16.3 Å². The van der Waals surface area contributed by atoms with E-state index >= 15 is 0 Å². The molecule has 0 N–H and O–H groups in total. The standard InChI is InChI=1S/C18H20N2O4S/c1-11(2)8-24-18(22)7-20-15-6-13(14-10-25-12(3)19-14)4-5-16(15)23-9-17(20)21/h4-6,10-11H,7-9H2,1-3H3. The smallest absolute Gasteiger partial charge is 0.326 e. The van der Waals surface area contributed by atoms with Gasteiger partial charge >= 0.3 is 5.97 Å². The van der Waals surface area contributed by atoms with Crippen LogP contribution in [-0.2, 0) is 14.3 Å². The molecule has 25 heavy (non-hydrogen) atoms. The maximum atomic E-state index is 12.3. The van der Waals surface area contributed by atoms with Crippen molar-refractivity contribution in [2.75, 3.05) is 24.7 Å². The zero-order valence-electron chi connectivity index (χ0n) is 14.4. The number of hydrogen-bond donors (Lipinski definition) is 0. The normalized spacial score (nSPS) is 13.6. The van der Waals surface area contributed by atoms with Crippen molar-refractivity contribution in [3.63, 3.8) is 0 Å². The molecule has 0 radical (unpaired) electrons. The second-order valence-corrected chi connectivity index (χ2v) is 7.34. The third-order valence-corrected chi connectivity index (χ3v) is 4.46. The maximum absolute atomic E-state index is 12.3. The summed E-state index contributed by atoms with van der Waals surface area (Å²) >= 11 is 1.56. The number of rotatable bonds is 5. The minimum atomic E-state index is -0.426. The summed E-state index contributed by atoms with van der Waals surface area (Å²) in [7, 11) is 0. The second kappa shape index (κ2) is 7.23. The molecular formula is C18H20N2O4S. The van der Waals surface area contributed by atoms with Crippen LogP contribution in [0.4, 0.5) is 5.69 Å². The van der Waals surface area contributed by atoms with Crippen LogP contribution in [0.2, 0.25) is 0 Å². The van der Waals surface area contributed by atoms with E-state index in [1.807, 2.05) is 38.3 Å². The summed E-state index contributed by atoms with van der Waals surface area (Å²) in [4.78, 5) is 30.2. The molecule has 7 heteroatoms. The van der Waals surface area contributed by atoms with Crippen molar-refractivity contribution >= 4 is 28.9 Å². The van der Waals surface area contributed by atoms with Crippen molar-refractivity contribution in [3.8, 4) is 17.0 Å². The number of ether oxygens (including phenoxy) is 2. The number of thiazole rings is 1. The zero-order valence-corrected chi connectivity index (χ0v) is 15.3. The highest BCUT2D eigenvalue weighted by Gasteiger charge is 2.28. The van der Waals surface area contributed by atoms with Crippen LogP contribution in [0.1, 0.15) is 18.9 Å². The summed E-state index contributed by atoms with van der Waals surface area (Å²) in [5, 5.41) is 2.93. The summed E-state index contributed by atoms with van der Waals surface area (Å²) in [6.45, 7) is 5.99. The Kier molecular flexibility index (Phi) is 5.03. The molecule has 0 bridgehead atoms. The molecule has 6 nitrogen and oxygen atoms in total. The molecule has 0 aliphatic carbocycles. The largest absolute Gasteiger partial charge is 0.482 e. The van der Waals surface area contributed by atoms with Crippen LogP contribution >= 0.6 is 11.3 Å². The van der Waals surface area contributed by atoms with E-state index in [0.29, 0.717) is 18.0 Å². The van der Waals surface area contributed by atoms with Crippen LogP contribution in [0.5, 0.6) is 5.75 Å². The Hall–Kier alpha value is -2.41. The molecule has 0 atom stereocenters. The highest BCUT2D eigenvalue weighted by Crippen LogP contribution is 2.36. The molecule has 2 aromatic rings. The number of carbonyl (C=O) groups is 2. The van der Waals surface area contributed by atoms with Crippen LogP contribution in [0, 0.1) is 12.8 Å². The Balaban J connectivity index is 1.86. The van der Waals surface area contributed by atoms with Gasteiger partial charge in [-0.25, -0.2) is 4.98 Å². The van der Waals surface area contributed by atoms with Crippen molar-refractivity contribution in [3.05, 3.63) is 28.6 Å². The molecule has 1 aliphatic rings. The maximum Gasteiger partial charge on any atom is 0.326 e. The fourth-order valence-corrected chi connectivity index (χ4v) is 3.09. The summed E-state index contributed by atoms with van der Waals surface area (Å²) < 4.78 is 10.7. The quantitative estimate of drug-likeness (QED) is 0.767. The van der Waals surface area contributed by atoms with E-state index in [2.05, 4.69) is 4.98 Å². The Morgan fingerprint density at radius 2 is 2.24 bits per heavy atom. The van der Waals surface area contributed by atoms with Gasteiger partial charge in [-0.15, -0.1) is 11.3 Å². The van der Waals surface area contributed by atoms with Gasteiger partial charge in [-0.05, 0) is 31.0 Å². The summed E-state index contributed by atoms with van der Waals surface area (Å²) in [6, 6.07) is 5.53. The van der Waals surface area contributed by atoms with Gasteiger partial charge in [0.1, 0.15) is 12.3 Å². The van der Waals surface area contributed by atoms with E-state index < -0.39 is 5.97 Å². The van der Waals surface area contributed by atoms with Gasteiger partial charge in [-0.1, -0.05) is 13.8 Å². The molecule has 0 saturated carbocycles. The molecule has 3 rings (SSSR count). The number of benzene rings is 1. The van der Waals surface area contributed by atoms with Crippen LogP contribution in [-0.4, -0.2) is 36.6 Å². The van der Waals surface area contributed by atoms with Gasteiger partial charge in [0.15, 0.2) is 6.61 Å². The van der Waals surface area contributed by atoms with E-state index in [4.69, 9.17) is 9.47 Å². The molecule has 132 valence electrons. The molecule has 1 aromatic heterocycles. The van der Waals surface area contributed by atoms with Gasteiger partial charge in [0.05, 0.1) is 23.0 Å². The molecule has 0 unspecified atom stereocenters. The lowest BCUT2D eigenvalue weighted by Gasteiger charge is -2.29. The lowest BCUT2D eigenvalue weighted by Crippen LogP contribution is -2.42. The molecule has 2 heterocycles. The average Bonchev–Trinajstić information content (AvgIpc) is 3.01. The second-order valence-electron chi connectivity index (χ2n) is 6.28. The minimum absolute atomic E-state index is 0.0837. The third-order valence-electron chi connectivity index (χ3n) is 3.68. The van der Waals surface area contributed by atoms with Gasteiger partial charge in [-0.3, -0.25) is 14.5 Å². The van der Waals surface area contributed by atoms with Crippen molar-refractivity contribution in [1.29, 1.82) is 0 Å². The third kappa shape index (κ3) is 3.99. The monoisotopic (exact) mass is 360 g/mol. The lowest BCUT2D eigenvalue weighted by atomic mass is 10.1. The fourth-order valence-electron chi connectivity index (χ4n) is 2.47. The van der Waals surface area contributed by atoms with Gasteiger partial charge in [0.2, 0.25) is 0 Å². The Labute approximate surface area is 150 Å². The molecule has 0 saturated heterocycles. The number of anilines is 1. The van der Waals surface area contributed by atoms with Crippen molar-refractivity contribution in [1.82, 2.24) is 4.98 Å². The SMILES string of the molecule is Cc1nc(-c2ccc3c(c2)N(CC(=O)OCC(C)C)C(=O)CO3)cs1. The topological polar surface area (TPSA) is 68.7 Å². The first-order valence-corrected chi connectivity index (χ1v) is 8.97. The van der Waals surface area contributed by atoms with Gasteiger partial charge < -0.3 is 9.47 Å². The van der Waals surface area contributed by atoms with Crippen molar-refractivity contribution in [2.24, 2.45) is 5.92 Å². The van der Waals surface area contributed by atoms with E-state index in [-0.39, 0.29) is 25.0 Å². The van der Waals surface area contributed by atoms with E-state index in [1.165, 1.54) is 4.90 Å². The van der Waals surface area contributed by atoms with Gasteiger partial charge in [-0.2, -0.15) is 0 Å². The van der Waals surface area contributed by atoms with Gasteiger partial charge in [0.25, 0.3) is 5.91 Å². The predicted octanol–water partition coefficient (Wildman–Crippen LogP) is 3.04. The number of esters is 1. The lowest BCUT2D eigenvalue weighted by molar-refractivity contribution is -0.144. The average molecular weight is 360 g/mol. The first-order valence-electron chi connectivity index (χ1n) is 8.09. The van der Waals surface area contributed by atoms with E-state index in [9.17, 15) is 9.59 Å². The fraction of sp³-hybridized carbons (Fsp3) is 0.389. The Bertz CT molecular complexity index is 800. The van der Waals surface area contributed by atoms with Crippen molar-refractivity contribution in [2.45, 2.75) is 20.8 Å². The van der Waals surface area contributed by atoms with E-state index in [1.54, 1.807) is 17.4 Å². The number of carbonyl (C=O) groups excluding carboxylic acids is 2. The molecule has 0 spiro atoms. The zero-order chi connectivity index (χ0) is 18.0.